The van der Waals surface area contributed by atoms with Crippen LogP contribution in [0, 0.1) is 0 Å². The smallest absolute Gasteiger partial charge is 0.233 e. The van der Waals surface area contributed by atoms with Crippen LogP contribution in [0.25, 0.3) is 0 Å². The van der Waals surface area contributed by atoms with E-state index in [4.69, 9.17) is 4.74 Å². The lowest BCUT2D eigenvalue weighted by Gasteiger charge is -2.14. The van der Waals surface area contributed by atoms with E-state index in [-0.39, 0.29) is 11.8 Å². The average molecular weight is 282 g/mol. The summed E-state index contributed by atoms with van der Waals surface area (Å²) in [6.07, 6.45) is 0. The van der Waals surface area contributed by atoms with E-state index in [1.54, 1.807) is 0 Å². The first kappa shape index (κ1) is 13.5. The van der Waals surface area contributed by atoms with Crippen molar-refractivity contribution in [3.8, 4) is 5.75 Å². The van der Waals surface area contributed by atoms with E-state index < -0.39 is 0 Å². The van der Waals surface area contributed by atoms with Gasteiger partial charge in [-0.3, -0.25) is 4.79 Å². The molecule has 1 aliphatic heterocycles. The van der Waals surface area contributed by atoms with Gasteiger partial charge in [-0.25, -0.2) is 0 Å². The number of amides is 1. The predicted molar refractivity (Wildman–Crippen MR) is 83.9 cm³/mol. The van der Waals surface area contributed by atoms with Crippen molar-refractivity contribution >= 4 is 17.3 Å². The van der Waals surface area contributed by atoms with E-state index in [0.717, 1.165) is 16.9 Å². The van der Waals surface area contributed by atoms with Crippen LogP contribution in [0.15, 0.2) is 48.5 Å². The Morgan fingerprint density at radius 3 is 2.71 bits per heavy atom. The van der Waals surface area contributed by atoms with Gasteiger partial charge < -0.3 is 15.4 Å². The van der Waals surface area contributed by atoms with Gasteiger partial charge in [0.25, 0.3) is 0 Å². The molecule has 2 aromatic carbocycles. The Hall–Kier alpha value is -2.49. The van der Waals surface area contributed by atoms with Gasteiger partial charge in [0.1, 0.15) is 11.4 Å². The Morgan fingerprint density at radius 2 is 1.95 bits per heavy atom. The highest BCUT2D eigenvalue weighted by Crippen LogP contribution is 2.36. The molecule has 1 aliphatic rings. The van der Waals surface area contributed by atoms with Crippen molar-refractivity contribution in [2.24, 2.45) is 0 Å². The van der Waals surface area contributed by atoms with Crippen LogP contribution in [0.2, 0.25) is 0 Å². The second kappa shape index (κ2) is 5.87. The van der Waals surface area contributed by atoms with Crippen LogP contribution in [0.4, 0.5) is 11.4 Å². The lowest BCUT2D eigenvalue weighted by Crippen LogP contribution is -2.23. The summed E-state index contributed by atoms with van der Waals surface area (Å²) in [6, 6.07) is 15.5. The SMILES string of the molecule is CCOc1cccc2c1NC(=O)C(c1ccccc1)CN2. The molecule has 0 radical (unpaired) electrons. The molecule has 0 spiro atoms. The van der Waals surface area contributed by atoms with Crippen LogP contribution in [0.5, 0.6) is 5.75 Å². The molecule has 0 bridgehead atoms. The summed E-state index contributed by atoms with van der Waals surface area (Å²) in [5, 5.41) is 6.34. The Labute approximate surface area is 124 Å². The number of hydrogen-bond donors (Lipinski definition) is 2. The van der Waals surface area contributed by atoms with Crippen molar-refractivity contribution in [2.75, 3.05) is 23.8 Å². The normalized spacial score (nSPS) is 17.2. The summed E-state index contributed by atoms with van der Waals surface area (Å²) in [5.74, 6) is 0.470. The number of benzene rings is 2. The zero-order valence-corrected chi connectivity index (χ0v) is 11.9. The van der Waals surface area contributed by atoms with E-state index in [1.807, 2.05) is 55.5 Å². The molecule has 21 heavy (non-hydrogen) atoms. The predicted octanol–water partition coefficient (Wildman–Crippen LogP) is 3.23. The lowest BCUT2D eigenvalue weighted by molar-refractivity contribution is -0.117. The number of carbonyl (C=O) groups excluding carboxylic acids is 1. The first-order chi connectivity index (χ1) is 10.3. The lowest BCUT2D eigenvalue weighted by atomic mass is 9.98. The van der Waals surface area contributed by atoms with E-state index in [2.05, 4.69) is 10.6 Å². The molecule has 1 amide bonds. The summed E-state index contributed by atoms with van der Waals surface area (Å²) in [6.45, 7) is 3.06. The fourth-order valence-corrected chi connectivity index (χ4v) is 2.55. The summed E-state index contributed by atoms with van der Waals surface area (Å²) >= 11 is 0. The first-order valence-electron chi connectivity index (χ1n) is 7.15. The fraction of sp³-hybridized carbons (Fsp3) is 0.235. The molecule has 1 heterocycles. The Morgan fingerprint density at radius 1 is 1.14 bits per heavy atom. The second-order valence-corrected chi connectivity index (χ2v) is 4.95. The standard InChI is InChI=1S/C17H18N2O2/c1-2-21-15-10-6-9-14-16(15)19-17(20)13(11-18-14)12-7-4-3-5-8-12/h3-10,13,18H,2,11H2,1H3,(H,19,20). The molecule has 0 saturated carbocycles. The third kappa shape index (κ3) is 2.70. The molecule has 4 heteroatoms. The monoisotopic (exact) mass is 282 g/mol. The number of rotatable bonds is 3. The molecule has 4 nitrogen and oxygen atoms in total. The van der Waals surface area contributed by atoms with Crippen LogP contribution >= 0.6 is 0 Å². The molecular formula is C17H18N2O2. The van der Waals surface area contributed by atoms with Gasteiger partial charge in [0.2, 0.25) is 5.91 Å². The molecule has 2 aromatic rings. The number of carbonyl (C=O) groups is 1. The molecule has 0 aromatic heterocycles. The van der Waals surface area contributed by atoms with Crippen molar-refractivity contribution in [2.45, 2.75) is 12.8 Å². The van der Waals surface area contributed by atoms with Crippen LogP contribution in [-0.2, 0) is 4.79 Å². The highest BCUT2D eigenvalue weighted by atomic mass is 16.5. The molecule has 1 atom stereocenters. The molecule has 1 unspecified atom stereocenters. The van der Waals surface area contributed by atoms with Crippen molar-refractivity contribution in [3.05, 3.63) is 54.1 Å². The highest BCUT2D eigenvalue weighted by molar-refractivity contribution is 6.01. The van der Waals surface area contributed by atoms with Gasteiger partial charge in [-0.1, -0.05) is 36.4 Å². The summed E-state index contributed by atoms with van der Waals surface area (Å²) in [5.41, 5.74) is 2.63. The quantitative estimate of drug-likeness (QED) is 0.908. The van der Waals surface area contributed by atoms with Crippen molar-refractivity contribution in [3.63, 3.8) is 0 Å². The summed E-state index contributed by atoms with van der Waals surface area (Å²) in [7, 11) is 0. The number of fused-ring (bicyclic) bond motifs is 1. The number of anilines is 2. The molecule has 108 valence electrons. The molecule has 0 fully saturated rings. The Bertz CT molecular complexity index is 640. The fourth-order valence-electron chi connectivity index (χ4n) is 2.55. The minimum absolute atomic E-state index is 0.0143. The number of nitrogens with one attached hydrogen (secondary N) is 2. The number of hydrogen-bond acceptors (Lipinski definition) is 3. The van der Waals surface area contributed by atoms with Gasteiger partial charge in [-0.15, -0.1) is 0 Å². The van der Waals surface area contributed by atoms with Crippen molar-refractivity contribution in [1.29, 1.82) is 0 Å². The Kier molecular flexibility index (Phi) is 3.77. The topological polar surface area (TPSA) is 50.4 Å². The van der Waals surface area contributed by atoms with Gasteiger partial charge in [0.15, 0.2) is 0 Å². The molecule has 3 rings (SSSR count). The second-order valence-electron chi connectivity index (χ2n) is 4.95. The largest absolute Gasteiger partial charge is 0.492 e. The van der Waals surface area contributed by atoms with Crippen LogP contribution in [0.3, 0.4) is 0 Å². The third-order valence-corrected chi connectivity index (χ3v) is 3.59. The zero-order valence-electron chi connectivity index (χ0n) is 11.9. The molecule has 0 aliphatic carbocycles. The minimum atomic E-state index is -0.215. The summed E-state index contributed by atoms with van der Waals surface area (Å²) in [4.78, 5) is 12.5. The Balaban J connectivity index is 1.92. The van der Waals surface area contributed by atoms with Gasteiger partial charge in [-0.05, 0) is 24.6 Å². The molecular weight excluding hydrogens is 264 g/mol. The van der Waals surface area contributed by atoms with E-state index in [9.17, 15) is 4.79 Å². The van der Waals surface area contributed by atoms with Crippen LogP contribution < -0.4 is 15.4 Å². The van der Waals surface area contributed by atoms with Gasteiger partial charge in [0, 0.05) is 6.54 Å². The first-order valence-corrected chi connectivity index (χ1v) is 7.15. The highest BCUT2D eigenvalue weighted by Gasteiger charge is 2.26. The molecule has 0 saturated heterocycles. The van der Waals surface area contributed by atoms with Crippen LogP contribution in [0.1, 0.15) is 18.4 Å². The zero-order chi connectivity index (χ0) is 14.7. The third-order valence-electron chi connectivity index (χ3n) is 3.59. The van der Waals surface area contributed by atoms with E-state index in [1.165, 1.54) is 0 Å². The van der Waals surface area contributed by atoms with Gasteiger partial charge in [-0.2, -0.15) is 0 Å². The van der Waals surface area contributed by atoms with Crippen molar-refractivity contribution < 1.29 is 9.53 Å². The molecule has 2 N–H and O–H groups in total. The minimum Gasteiger partial charge on any atom is -0.492 e. The van der Waals surface area contributed by atoms with E-state index in [0.29, 0.717) is 18.9 Å². The van der Waals surface area contributed by atoms with E-state index >= 15 is 0 Å². The maximum absolute atomic E-state index is 12.5. The maximum Gasteiger partial charge on any atom is 0.233 e. The van der Waals surface area contributed by atoms with Gasteiger partial charge in [0.05, 0.1) is 18.2 Å². The van der Waals surface area contributed by atoms with Gasteiger partial charge >= 0.3 is 0 Å². The maximum atomic E-state index is 12.5. The summed E-state index contributed by atoms with van der Waals surface area (Å²) < 4.78 is 5.59. The average Bonchev–Trinajstić information content (AvgIpc) is 2.68. The van der Waals surface area contributed by atoms with Crippen molar-refractivity contribution in [1.82, 2.24) is 0 Å². The van der Waals surface area contributed by atoms with Crippen LogP contribution in [-0.4, -0.2) is 19.1 Å². The number of ether oxygens (including phenoxy) is 1. The number of para-hydroxylation sites is 1.